The van der Waals surface area contributed by atoms with Crippen LogP contribution in [0.15, 0.2) is 24.3 Å². The van der Waals surface area contributed by atoms with Crippen molar-refractivity contribution in [2.75, 3.05) is 45.9 Å². The molecule has 0 bridgehead atoms. The van der Waals surface area contributed by atoms with E-state index >= 15 is 0 Å². The summed E-state index contributed by atoms with van der Waals surface area (Å²) in [5.41, 5.74) is 0. The maximum Gasteiger partial charge on any atom is 0.260 e. The number of carbonyl (C=O) groups is 2. The smallest absolute Gasteiger partial charge is 0.260 e. The van der Waals surface area contributed by atoms with Crippen molar-refractivity contribution in [3.8, 4) is 5.75 Å². The van der Waals surface area contributed by atoms with Crippen LogP contribution < -0.4 is 4.74 Å². The first-order chi connectivity index (χ1) is 13.0. The van der Waals surface area contributed by atoms with Crippen LogP contribution in [0.5, 0.6) is 5.75 Å². The summed E-state index contributed by atoms with van der Waals surface area (Å²) in [5, 5.41) is 0. The Balaban J connectivity index is 1.41. The van der Waals surface area contributed by atoms with Gasteiger partial charge in [0.15, 0.2) is 18.2 Å². The predicted molar refractivity (Wildman–Crippen MR) is 99.9 cm³/mol. The maximum absolute atomic E-state index is 13.5. The van der Waals surface area contributed by atoms with Gasteiger partial charge in [0, 0.05) is 38.8 Å². The molecule has 2 fully saturated rings. The van der Waals surface area contributed by atoms with E-state index in [1.165, 1.54) is 18.6 Å². The number of piperazine rings is 1. The zero-order chi connectivity index (χ0) is 19.2. The van der Waals surface area contributed by atoms with E-state index in [0.29, 0.717) is 38.8 Å². The second-order valence-electron chi connectivity index (χ2n) is 7.31. The molecule has 2 amide bonds. The third kappa shape index (κ3) is 5.19. The third-order valence-electron chi connectivity index (χ3n) is 5.39. The molecule has 0 aliphatic carbocycles. The van der Waals surface area contributed by atoms with Gasteiger partial charge in [-0.1, -0.05) is 12.1 Å². The van der Waals surface area contributed by atoms with Crippen LogP contribution in [0.25, 0.3) is 0 Å². The fourth-order valence-corrected chi connectivity index (χ4v) is 3.70. The third-order valence-corrected chi connectivity index (χ3v) is 5.39. The molecule has 0 radical (unpaired) electrons. The molecule has 1 aromatic rings. The number of halogens is 1. The Bertz CT molecular complexity index is 662. The molecular formula is C20H28FN3O3. The molecule has 148 valence electrons. The molecule has 1 atom stereocenters. The molecule has 0 aromatic heterocycles. The van der Waals surface area contributed by atoms with E-state index in [0.717, 1.165) is 19.4 Å². The van der Waals surface area contributed by atoms with E-state index in [2.05, 4.69) is 11.8 Å². The Morgan fingerprint density at radius 1 is 1.07 bits per heavy atom. The number of hydrogen-bond donors (Lipinski definition) is 0. The minimum absolute atomic E-state index is 0.0886. The molecule has 1 aromatic carbocycles. The van der Waals surface area contributed by atoms with Crippen LogP contribution in [0.2, 0.25) is 0 Å². The molecule has 0 N–H and O–H groups in total. The summed E-state index contributed by atoms with van der Waals surface area (Å²) in [7, 11) is 0. The SMILES string of the molecule is CC1CCCCN1C(=O)CN1CCN(C(=O)COc2ccccc2F)CC1. The molecule has 0 spiro atoms. The van der Waals surface area contributed by atoms with Gasteiger partial charge in [0.2, 0.25) is 5.91 Å². The van der Waals surface area contributed by atoms with Crippen molar-refractivity contribution in [3.63, 3.8) is 0 Å². The van der Waals surface area contributed by atoms with Gasteiger partial charge < -0.3 is 14.5 Å². The Morgan fingerprint density at radius 2 is 1.81 bits per heavy atom. The van der Waals surface area contributed by atoms with Crippen molar-refractivity contribution in [2.45, 2.75) is 32.2 Å². The van der Waals surface area contributed by atoms with Gasteiger partial charge >= 0.3 is 0 Å². The molecule has 2 aliphatic rings. The number of ether oxygens (including phenoxy) is 1. The highest BCUT2D eigenvalue weighted by molar-refractivity contribution is 5.79. The number of benzene rings is 1. The number of piperidine rings is 1. The predicted octanol–water partition coefficient (Wildman–Crippen LogP) is 1.75. The summed E-state index contributed by atoms with van der Waals surface area (Å²) in [4.78, 5) is 30.6. The number of carbonyl (C=O) groups excluding carboxylic acids is 2. The Hall–Kier alpha value is -2.15. The lowest BCUT2D eigenvalue weighted by molar-refractivity contribution is -0.138. The first-order valence-electron chi connectivity index (χ1n) is 9.71. The summed E-state index contributed by atoms with van der Waals surface area (Å²) in [6.07, 6.45) is 3.36. The van der Waals surface area contributed by atoms with Gasteiger partial charge in [-0.25, -0.2) is 4.39 Å². The van der Waals surface area contributed by atoms with E-state index in [1.54, 1.807) is 17.0 Å². The number of hydrogen-bond acceptors (Lipinski definition) is 4. The lowest BCUT2D eigenvalue weighted by Gasteiger charge is -2.38. The van der Waals surface area contributed by atoms with Gasteiger partial charge in [0.25, 0.3) is 5.91 Å². The van der Waals surface area contributed by atoms with Crippen molar-refractivity contribution in [2.24, 2.45) is 0 Å². The second-order valence-corrected chi connectivity index (χ2v) is 7.31. The highest BCUT2D eigenvalue weighted by atomic mass is 19.1. The molecular weight excluding hydrogens is 349 g/mol. The largest absolute Gasteiger partial charge is 0.481 e. The average molecular weight is 377 g/mol. The minimum atomic E-state index is -0.472. The summed E-state index contributed by atoms with van der Waals surface area (Å²) < 4.78 is 18.8. The van der Waals surface area contributed by atoms with Gasteiger partial charge in [-0.15, -0.1) is 0 Å². The summed E-state index contributed by atoms with van der Waals surface area (Å²) in [6, 6.07) is 6.38. The van der Waals surface area contributed by atoms with Crippen molar-refractivity contribution in [1.82, 2.24) is 14.7 Å². The van der Waals surface area contributed by atoms with E-state index in [-0.39, 0.29) is 24.2 Å². The van der Waals surface area contributed by atoms with E-state index in [9.17, 15) is 14.0 Å². The van der Waals surface area contributed by atoms with Crippen molar-refractivity contribution in [3.05, 3.63) is 30.1 Å². The zero-order valence-electron chi connectivity index (χ0n) is 15.9. The van der Waals surface area contributed by atoms with E-state index in [1.807, 2.05) is 4.90 Å². The molecule has 2 aliphatic heterocycles. The van der Waals surface area contributed by atoms with Gasteiger partial charge in [0.1, 0.15) is 0 Å². The van der Waals surface area contributed by atoms with Crippen LogP contribution in [0, 0.1) is 5.82 Å². The fourth-order valence-electron chi connectivity index (χ4n) is 3.70. The second kappa shape index (κ2) is 9.17. The number of likely N-dealkylation sites (tertiary alicyclic amines) is 1. The van der Waals surface area contributed by atoms with Crippen LogP contribution in [0.1, 0.15) is 26.2 Å². The van der Waals surface area contributed by atoms with Gasteiger partial charge in [-0.05, 0) is 38.3 Å². The molecule has 3 rings (SSSR count). The Labute approximate surface area is 159 Å². The van der Waals surface area contributed by atoms with Crippen LogP contribution in [-0.4, -0.2) is 78.4 Å². The molecule has 1 unspecified atom stereocenters. The van der Waals surface area contributed by atoms with Crippen LogP contribution in [0.3, 0.4) is 0 Å². The first kappa shape index (κ1) is 19.6. The number of para-hydroxylation sites is 1. The summed E-state index contributed by atoms with van der Waals surface area (Å²) in [5.74, 6) is -0.356. The molecule has 0 saturated carbocycles. The first-order valence-corrected chi connectivity index (χ1v) is 9.71. The lowest BCUT2D eigenvalue weighted by Crippen LogP contribution is -2.53. The summed E-state index contributed by atoms with van der Waals surface area (Å²) >= 11 is 0. The number of amides is 2. The molecule has 6 nitrogen and oxygen atoms in total. The van der Waals surface area contributed by atoms with Crippen molar-refractivity contribution >= 4 is 11.8 Å². The summed E-state index contributed by atoms with van der Waals surface area (Å²) in [6.45, 7) is 5.65. The molecule has 2 heterocycles. The van der Waals surface area contributed by atoms with Crippen LogP contribution >= 0.6 is 0 Å². The number of rotatable bonds is 5. The standard InChI is InChI=1S/C20H28FN3O3/c1-16-6-4-5-9-24(16)19(25)14-22-10-12-23(13-11-22)20(26)15-27-18-8-3-2-7-17(18)21/h2-3,7-8,16H,4-6,9-15H2,1H3. The van der Waals surface area contributed by atoms with E-state index in [4.69, 9.17) is 4.74 Å². The normalized spacial score (nSPS) is 21.2. The minimum Gasteiger partial charge on any atom is -0.481 e. The van der Waals surface area contributed by atoms with Gasteiger partial charge in [0.05, 0.1) is 6.54 Å². The topological polar surface area (TPSA) is 53.1 Å². The fraction of sp³-hybridized carbons (Fsp3) is 0.600. The quantitative estimate of drug-likeness (QED) is 0.785. The Kier molecular flexibility index (Phi) is 6.66. The van der Waals surface area contributed by atoms with Crippen LogP contribution in [0.4, 0.5) is 4.39 Å². The van der Waals surface area contributed by atoms with Crippen molar-refractivity contribution in [1.29, 1.82) is 0 Å². The van der Waals surface area contributed by atoms with E-state index < -0.39 is 5.82 Å². The van der Waals surface area contributed by atoms with Gasteiger partial charge in [-0.3, -0.25) is 14.5 Å². The number of nitrogens with zero attached hydrogens (tertiary/aromatic N) is 3. The monoisotopic (exact) mass is 377 g/mol. The maximum atomic E-state index is 13.5. The Morgan fingerprint density at radius 3 is 2.52 bits per heavy atom. The highest BCUT2D eigenvalue weighted by Gasteiger charge is 2.27. The molecule has 7 heteroatoms. The van der Waals surface area contributed by atoms with Gasteiger partial charge in [-0.2, -0.15) is 0 Å². The molecule has 2 saturated heterocycles. The molecule has 27 heavy (non-hydrogen) atoms. The van der Waals surface area contributed by atoms with Crippen LogP contribution in [-0.2, 0) is 9.59 Å². The van der Waals surface area contributed by atoms with Crippen molar-refractivity contribution < 1.29 is 18.7 Å². The average Bonchev–Trinajstić information content (AvgIpc) is 2.68. The zero-order valence-corrected chi connectivity index (χ0v) is 15.9. The lowest BCUT2D eigenvalue weighted by atomic mass is 10.0. The highest BCUT2D eigenvalue weighted by Crippen LogP contribution is 2.17.